The Bertz CT molecular complexity index is 875. The van der Waals surface area contributed by atoms with Gasteiger partial charge in [0.2, 0.25) is 5.91 Å². The fourth-order valence-electron chi connectivity index (χ4n) is 2.43. The molecule has 0 saturated heterocycles. The molecule has 0 aliphatic rings. The predicted molar refractivity (Wildman–Crippen MR) is 98.5 cm³/mol. The van der Waals surface area contributed by atoms with Gasteiger partial charge >= 0.3 is 6.18 Å². The maximum atomic E-state index is 13.1. The number of carbonyl (C=O) groups excluding carboxylic acids is 1. The standard InChI is InChI=1S/C19H18F3N3OS/c1-12-5-3-6-14(9-12)25-17(26)7-4-8-27-18-15(11-23)16(19(20,21)22)10-13(2)24-18/h3,5-6,9-10H,4,7-8H2,1-2H3,(H,25,26). The maximum Gasteiger partial charge on any atom is 0.417 e. The van der Waals surface area contributed by atoms with E-state index < -0.39 is 17.3 Å². The van der Waals surface area contributed by atoms with Crippen molar-refractivity contribution in [1.29, 1.82) is 5.26 Å². The Morgan fingerprint density at radius 2 is 2.04 bits per heavy atom. The zero-order chi connectivity index (χ0) is 20.0. The summed E-state index contributed by atoms with van der Waals surface area (Å²) in [4.78, 5) is 16.0. The van der Waals surface area contributed by atoms with Gasteiger partial charge in [-0.15, -0.1) is 11.8 Å². The number of nitriles is 1. The van der Waals surface area contributed by atoms with Crippen molar-refractivity contribution in [2.75, 3.05) is 11.1 Å². The second-order valence-corrected chi connectivity index (χ2v) is 7.05. The highest BCUT2D eigenvalue weighted by molar-refractivity contribution is 7.99. The lowest BCUT2D eigenvalue weighted by Gasteiger charge is -2.12. The van der Waals surface area contributed by atoms with E-state index in [0.29, 0.717) is 17.9 Å². The van der Waals surface area contributed by atoms with Crippen molar-refractivity contribution in [2.24, 2.45) is 0 Å². The van der Waals surface area contributed by atoms with E-state index in [-0.39, 0.29) is 23.0 Å². The lowest BCUT2D eigenvalue weighted by molar-refractivity contribution is -0.138. The second kappa shape index (κ2) is 8.91. The number of hydrogen-bond donors (Lipinski definition) is 1. The van der Waals surface area contributed by atoms with E-state index >= 15 is 0 Å². The first-order chi connectivity index (χ1) is 12.7. The zero-order valence-corrected chi connectivity index (χ0v) is 15.7. The summed E-state index contributed by atoms with van der Waals surface area (Å²) in [6.45, 7) is 3.37. The highest BCUT2D eigenvalue weighted by Gasteiger charge is 2.35. The van der Waals surface area contributed by atoms with Crippen molar-refractivity contribution in [1.82, 2.24) is 4.98 Å². The minimum Gasteiger partial charge on any atom is -0.326 e. The van der Waals surface area contributed by atoms with Gasteiger partial charge in [-0.2, -0.15) is 18.4 Å². The summed E-state index contributed by atoms with van der Waals surface area (Å²) in [7, 11) is 0. The molecule has 1 heterocycles. The summed E-state index contributed by atoms with van der Waals surface area (Å²) in [5, 5.41) is 11.9. The fourth-order valence-corrected chi connectivity index (χ4v) is 3.42. The van der Waals surface area contributed by atoms with Crippen LogP contribution in [0.2, 0.25) is 0 Å². The van der Waals surface area contributed by atoms with Gasteiger partial charge in [0.05, 0.1) is 11.1 Å². The first-order valence-electron chi connectivity index (χ1n) is 8.19. The van der Waals surface area contributed by atoms with Crippen LogP contribution in [0.25, 0.3) is 0 Å². The molecule has 1 amide bonds. The number of aryl methyl sites for hydroxylation is 2. The Labute approximate surface area is 159 Å². The normalized spacial score (nSPS) is 11.1. The molecular formula is C19H18F3N3OS. The number of alkyl halides is 3. The van der Waals surface area contributed by atoms with Gasteiger partial charge in [-0.3, -0.25) is 4.79 Å². The molecule has 1 aromatic heterocycles. The molecule has 0 unspecified atom stereocenters. The first kappa shape index (κ1) is 20.8. The number of nitrogens with zero attached hydrogens (tertiary/aromatic N) is 2. The predicted octanol–water partition coefficient (Wildman–Crippen LogP) is 5.10. The molecule has 0 aliphatic heterocycles. The molecule has 0 saturated carbocycles. The second-order valence-electron chi connectivity index (χ2n) is 5.97. The molecule has 0 fully saturated rings. The Morgan fingerprint density at radius 1 is 1.30 bits per heavy atom. The number of benzene rings is 1. The van der Waals surface area contributed by atoms with Crippen LogP contribution in [0.4, 0.5) is 18.9 Å². The quantitative estimate of drug-likeness (QED) is 0.548. The Morgan fingerprint density at radius 3 is 2.67 bits per heavy atom. The van der Waals surface area contributed by atoms with Crippen LogP contribution in [0.15, 0.2) is 35.4 Å². The fraction of sp³-hybridized carbons (Fsp3) is 0.316. The van der Waals surface area contributed by atoms with Gasteiger partial charge < -0.3 is 5.32 Å². The number of aromatic nitrogens is 1. The Kier molecular flexibility index (Phi) is 6.86. The largest absolute Gasteiger partial charge is 0.417 e. The van der Waals surface area contributed by atoms with Crippen LogP contribution >= 0.6 is 11.8 Å². The highest BCUT2D eigenvalue weighted by Crippen LogP contribution is 2.36. The van der Waals surface area contributed by atoms with Crippen LogP contribution in [0.1, 0.15) is 35.2 Å². The third-order valence-corrected chi connectivity index (χ3v) is 4.68. The van der Waals surface area contributed by atoms with Gasteiger partial charge in [0.15, 0.2) is 0 Å². The van der Waals surface area contributed by atoms with Gasteiger partial charge in [-0.25, -0.2) is 4.98 Å². The third kappa shape index (κ3) is 6.00. The minimum atomic E-state index is -4.61. The van der Waals surface area contributed by atoms with Crippen LogP contribution < -0.4 is 5.32 Å². The van der Waals surface area contributed by atoms with Crippen molar-refractivity contribution in [3.8, 4) is 6.07 Å². The van der Waals surface area contributed by atoms with Gasteiger partial charge in [0, 0.05) is 23.6 Å². The van der Waals surface area contributed by atoms with E-state index in [4.69, 9.17) is 5.26 Å². The molecule has 4 nitrogen and oxygen atoms in total. The number of amides is 1. The van der Waals surface area contributed by atoms with E-state index in [9.17, 15) is 18.0 Å². The Balaban J connectivity index is 1.94. The van der Waals surface area contributed by atoms with Crippen molar-refractivity contribution in [3.05, 3.63) is 52.7 Å². The molecular weight excluding hydrogens is 375 g/mol. The van der Waals surface area contributed by atoms with Crippen molar-refractivity contribution in [3.63, 3.8) is 0 Å². The molecule has 2 rings (SSSR count). The SMILES string of the molecule is Cc1cccc(NC(=O)CCCSc2nc(C)cc(C(F)(F)F)c2C#N)c1. The van der Waals surface area contributed by atoms with Crippen LogP contribution in [0.5, 0.6) is 0 Å². The van der Waals surface area contributed by atoms with Crippen molar-refractivity contribution >= 4 is 23.4 Å². The number of thioether (sulfide) groups is 1. The van der Waals surface area contributed by atoms with E-state index in [0.717, 1.165) is 23.4 Å². The molecule has 0 atom stereocenters. The Hall–Kier alpha value is -2.53. The van der Waals surface area contributed by atoms with E-state index in [1.54, 1.807) is 12.1 Å². The van der Waals surface area contributed by atoms with Crippen molar-refractivity contribution < 1.29 is 18.0 Å². The summed E-state index contributed by atoms with van der Waals surface area (Å²) < 4.78 is 39.3. The third-order valence-electron chi connectivity index (χ3n) is 3.62. The van der Waals surface area contributed by atoms with Gasteiger partial charge in [-0.05, 0) is 44.0 Å². The minimum absolute atomic E-state index is 0.0453. The molecule has 1 aromatic carbocycles. The number of pyridine rings is 1. The lowest BCUT2D eigenvalue weighted by Crippen LogP contribution is -2.12. The average molecular weight is 393 g/mol. The number of rotatable bonds is 6. The van der Waals surface area contributed by atoms with Gasteiger partial charge in [0.25, 0.3) is 0 Å². The monoisotopic (exact) mass is 393 g/mol. The summed E-state index contributed by atoms with van der Waals surface area (Å²) in [5.74, 6) is 0.207. The lowest BCUT2D eigenvalue weighted by atomic mass is 10.1. The smallest absolute Gasteiger partial charge is 0.326 e. The highest BCUT2D eigenvalue weighted by atomic mass is 32.2. The molecule has 2 aromatic rings. The van der Waals surface area contributed by atoms with Crippen molar-refractivity contribution in [2.45, 2.75) is 37.9 Å². The summed E-state index contributed by atoms with van der Waals surface area (Å²) in [5.41, 5.74) is 0.480. The molecule has 1 N–H and O–H groups in total. The van der Waals surface area contributed by atoms with Gasteiger partial charge in [-0.1, -0.05) is 12.1 Å². The van der Waals surface area contributed by atoms with E-state index in [2.05, 4.69) is 10.3 Å². The number of hydrogen-bond acceptors (Lipinski definition) is 4. The molecule has 0 aliphatic carbocycles. The first-order valence-corrected chi connectivity index (χ1v) is 9.17. The van der Waals surface area contributed by atoms with E-state index in [1.165, 1.54) is 6.92 Å². The van der Waals surface area contributed by atoms with Crippen LogP contribution in [0.3, 0.4) is 0 Å². The number of carbonyl (C=O) groups is 1. The number of nitrogens with one attached hydrogen (secondary N) is 1. The topological polar surface area (TPSA) is 65.8 Å². The molecule has 142 valence electrons. The molecule has 27 heavy (non-hydrogen) atoms. The molecule has 0 bridgehead atoms. The summed E-state index contributed by atoms with van der Waals surface area (Å²) in [6.07, 6.45) is -3.94. The molecule has 8 heteroatoms. The zero-order valence-electron chi connectivity index (χ0n) is 14.9. The molecule has 0 radical (unpaired) electrons. The van der Waals surface area contributed by atoms with Crippen LogP contribution in [-0.4, -0.2) is 16.6 Å². The molecule has 0 spiro atoms. The van der Waals surface area contributed by atoms with Gasteiger partial charge in [0.1, 0.15) is 11.1 Å². The average Bonchev–Trinajstić information content (AvgIpc) is 2.57. The number of anilines is 1. The van der Waals surface area contributed by atoms with E-state index in [1.807, 2.05) is 25.1 Å². The number of halogens is 3. The summed E-state index contributed by atoms with van der Waals surface area (Å²) >= 11 is 1.05. The summed E-state index contributed by atoms with van der Waals surface area (Å²) in [6, 6.07) is 9.87. The van der Waals surface area contributed by atoms with Crippen LogP contribution in [-0.2, 0) is 11.0 Å². The maximum absolute atomic E-state index is 13.1. The van der Waals surface area contributed by atoms with Crippen LogP contribution in [0, 0.1) is 25.2 Å².